The Bertz CT molecular complexity index is 640. The molecule has 0 spiro atoms. The van der Waals surface area contributed by atoms with Crippen molar-refractivity contribution in [1.82, 2.24) is 4.90 Å². The van der Waals surface area contributed by atoms with Crippen LogP contribution in [0.1, 0.15) is 44.4 Å². The lowest BCUT2D eigenvalue weighted by molar-refractivity contribution is 0.0736. The topological polar surface area (TPSA) is 12.5 Å². The van der Waals surface area contributed by atoms with Crippen molar-refractivity contribution >= 4 is 0 Å². The lowest BCUT2D eigenvalue weighted by atomic mass is 9.89. The van der Waals surface area contributed by atoms with E-state index < -0.39 is 0 Å². The number of benzene rings is 2. The van der Waals surface area contributed by atoms with E-state index in [-0.39, 0.29) is 0 Å². The van der Waals surface area contributed by atoms with Crippen molar-refractivity contribution in [3.8, 4) is 0 Å². The fourth-order valence-corrected chi connectivity index (χ4v) is 4.20. The van der Waals surface area contributed by atoms with Crippen LogP contribution in [0, 0.1) is 17.8 Å². The summed E-state index contributed by atoms with van der Waals surface area (Å²) in [5.41, 5.74) is 2.68. The van der Waals surface area contributed by atoms with Crippen LogP contribution in [-0.4, -0.2) is 24.6 Å². The van der Waals surface area contributed by atoms with Gasteiger partial charge in [0.05, 0.1) is 13.2 Å². The predicted molar refractivity (Wildman–Crippen MR) is 109 cm³/mol. The average Bonchev–Trinajstić information content (AvgIpc) is 3.05. The van der Waals surface area contributed by atoms with E-state index in [4.69, 9.17) is 4.74 Å². The van der Waals surface area contributed by atoms with Gasteiger partial charge in [0.1, 0.15) is 0 Å². The summed E-state index contributed by atoms with van der Waals surface area (Å²) in [5, 5.41) is 0. The summed E-state index contributed by atoms with van der Waals surface area (Å²) < 4.78 is 6.12. The molecule has 2 nitrogen and oxygen atoms in total. The smallest absolute Gasteiger partial charge is 0.0717 e. The predicted octanol–water partition coefficient (Wildman–Crippen LogP) is 5.56. The lowest BCUT2D eigenvalue weighted by Gasteiger charge is -2.25. The Kier molecular flexibility index (Phi) is 6.87. The maximum Gasteiger partial charge on any atom is 0.0717 e. The van der Waals surface area contributed by atoms with Crippen molar-refractivity contribution in [3.05, 3.63) is 71.8 Å². The first kappa shape index (κ1) is 19.1. The van der Waals surface area contributed by atoms with Crippen molar-refractivity contribution in [2.45, 2.75) is 39.8 Å². The number of hydrogen-bond donors (Lipinski definition) is 0. The van der Waals surface area contributed by atoms with Gasteiger partial charge in [0.25, 0.3) is 0 Å². The third-order valence-corrected chi connectivity index (χ3v) is 5.65. The van der Waals surface area contributed by atoms with Crippen LogP contribution in [0.2, 0.25) is 0 Å². The maximum absolute atomic E-state index is 6.12. The lowest BCUT2D eigenvalue weighted by Crippen LogP contribution is -2.25. The molecule has 1 fully saturated rings. The highest BCUT2D eigenvalue weighted by Gasteiger charge is 2.35. The van der Waals surface area contributed by atoms with E-state index in [0.29, 0.717) is 12.0 Å². The fourth-order valence-electron chi connectivity index (χ4n) is 4.20. The van der Waals surface area contributed by atoms with Gasteiger partial charge in [-0.1, -0.05) is 74.5 Å². The van der Waals surface area contributed by atoms with Gasteiger partial charge >= 0.3 is 0 Å². The third kappa shape index (κ3) is 5.18. The number of rotatable bonds is 8. The quantitative estimate of drug-likeness (QED) is 0.617. The van der Waals surface area contributed by atoms with Crippen LogP contribution in [0.3, 0.4) is 0 Å². The molecule has 1 aliphatic heterocycles. The molecule has 0 amide bonds. The van der Waals surface area contributed by atoms with Crippen molar-refractivity contribution < 1.29 is 4.74 Å². The van der Waals surface area contributed by atoms with Crippen LogP contribution >= 0.6 is 0 Å². The minimum atomic E-state index is 0.477. The molecule has 0 aliphatic carbocycles. The van der Waals surface area contributed by atoms with E-state index in [1.54, 1.807) is 0 Å². The Balaban J connectivity index is 1.59. The summed E-state index contributed by atoms with van der Waals surface area (Å²) in [6.07, 6.45) is 1.29. The first-order valence-corrected chi connectivity index (χ1v) is 10.0. The Morgan fingerprint density at radius 2 is 1.50 bits per heavy atom. The zero-order chi connectivity index (χ0) is 18.4. The minimum absolute atomic E-state index is 0.477. The van der Waals surface area contributed by atoms with Crippen LogP contribution < -0.4 is 0 Å². The molecule has 0 radical (unpaired) electrons. The molecule has 2 aromatic carbocycles. The van der Waals surface area contributed by atoms with Crippen molar-refractivity contribution in [2.24, 2.45) is 17.8 Å². The van der Waals surface area contributed by atoms with Crippen LogP contribution in [-0.2, 0) is 11.3 Å². The molecule has 3 rings (SSSR count). The SMILES string of the molecule is CC(C)C[C@@H]1CN([C@@H](C)c2ccccc2)C[C@H]1COCc1ccccc1. The molecular formula is C24H33NO. The average molecular weight is 352 g/mol. The van der Waals surface area contributed by atoms with Crippen LogP contribution in [0.4, 0.5) is 0 Å². The van der Waals surface area contributed by atoms with Crippen molar-refractivity contribution in [2.75, 3.05) is 19.7 Å². The van der Waals surface area contributed by atoms with Gasteiger partial charge in [0.15, 0.2) is 0 Å². The molecule has 0 aromatic heterocycles. The molecule has 2 heteroatoms. The molecule has 0 N–H and O–H groups in total. The molecule has 3 atom stereocenters. The zero-order valence-corrected chi connectivity index (χ0v) is 16.5. The van der Waals surface area contributed by atoms with E-state index in [2.05, 4.69) is 86.3 Å². The number of ether oxygens (including phenoxy) is 1. The number of likely N-dealkylation sites (tertiary alicyclic amines) is 1. The standard InChI is InChI=1S/C24H33NO/c1-19(2)14-23-15-25(20(3)22-12-8-5-9-13-22)16-24(23)18-26-17-21-10-6-4-7-11-21/h4-13,19-20,23-24H,14-18H2,1-3H3/t20-,23+,24-/m0/s1. The highest BCUT2D eigenvalue weighted by Crippen LogP contribution is 2.34. The second-order valence-corrected chi connectivity index (χ2v) is 8.19. The summed E-state index contributed by atoms with van der Waals surface area (Å²) >= 11 is 0. The summed E-state index contributed by atoms with van der Waals surface area (Å²) in [7, 11) is 0. The molecule has 0 bridgehead atoms. The molecule has 140 valence electrons. The van der Waals surface area contributed by atoms with Gasteiger partial charge in [-0.15, -0.1) is 0 Å². The third-order valence-electron chi connectivity index (χ3n) is 5.65. The van der Waals surface area contributed by atoms with Crippen LogP contribution in [0.15, 0.2) is 60.7 Å². The van der Waals surface area contributed by atoms with E-state index in [1.807, 2.05) is 0 Å². The summed E-state index contributed by atoms with van der Waals surface area (Å²) in [4.78, 5) is 2.65. The highest BCUT2D eigenvalue weighted by atomic mass is 16.5. The molecule has 1 aliphatic rings. The summed E-state index contributed by atoms with van der Waals surface area (Å²) in [6.45, 7) is 10.9. The van der Waals surface area contributed by atoms with Gasteiger partial charge in [0, 0.05) is 19.1 Å². The van der Waals surface area contributed by atoms with E-state index in [0.717, 1.165) is 31.6 Å². The Morgan fingerprint density at radius 1 is 0.885 bits per heavy atom. The zero-order valence-electron chi connectivity index (χ0n) is 16.5. The van der Waals surface area contributed by atoms with Crippen molar-refractivity contribution in [3.63, 3.8) is 0 Å². The van der Waals surface area contributed by atoms with E-state index in [1.165, 1.54) is 24.1 Å². The van der Waals surface area contributed by atoms with E-state index in [9.17, 15) is 0 Å². The summed E-state index contributed by atoms with van der Waals surface area (Å²) in [5.74, 6) is 2.10. The minimum Gasteiger partial charge on any atom is -0.376 e. The molecule has 0 unspecified atom stereocenters. The van der Waals surface area contributed by atoms with Gasteiger partial charge in [-0.05, 0) is 42.2 Å². The first-order valence-electron chi connectivity index (χ1n) is 10.0. The molecule has 2 aromatic rings. The van der Waals surface area contributed by atoms with E-state index >= 15 is 0 Å². The highest BCUT2D eigenvalue weighted by molar-refractivity contribution is 5.19. The fraction of sp³-hybridized carbons (Fsp3) is 0.500. The number of hydrogen-bond acceptors (Lipinski definition) is 2. The maximum atomic E-state index is 6.12. The monoisotopic (exact) mass is 351 g/mol. The van der Waals surface area contributed by atoms with Crippen LogP contribution in [0.25, 0.3) is 0 Å². The van der Waals surface area contributed by atoms with Gasteiger partial charge < -0.3 is 4.74 Å². The van der Waals surface area contributed by atoms with Crippen molar-refractivity contribution in [1.29, 1.82) is 0 Å². The van der Waals surface area contributed by atoms with Crippen LogP contribution in [0.5, 0.6) is 0 Å². The largest absolute Gasteiger partial charge is 0.376 e. The molecule has 1 heterocycles. The molecule has 1 saturated heterocycles. The first-order chi connectivity index (χ1) is 12.6. The Morgan fingerprint density at radius 3 is 2.15 bits per heavy atom. The molecular weight excluding hydrogens is 318 g/mol. The summed E-state index contributed by atoms with van der Waals surface area (Å²) in [6, 6.07) is 21.9. The number of nitrogens with zero attached hydrogens (tertiary/aromatic N) is 1. The Labute approximate surface area is 159 Å². The van der Waals surface area contributed by atoms with Gasteiger partial charge in [-0.3, -0.25) is 4.90 Å². The Hall–Kier alpha value is -1.64. The van der Waals surface area contributed by atoms with Gasteiger partial charge in [-0.2, -0.15) is 0 Å². The molecule has 26 heavy (non-hydrogen) atoms. The van der Waals surface area contributed by atoms with Gasteiger partial charge in [0.2, 0.25) is 0 Å². The molecule has 0 saturated carbocycles. The van der Waals surface area contributed by atoms with Gasteiger partial charge in [-0.25, -0.2) is 0 Å². The normalized spacial score (nSPS) is 22.0. The second-order valence-electron chi connectivity index (χ2n) is 8.19. The second kappa shape index (κ2) is 9.34.